The third-order valence-corrected chi connectivity index (χ3v) is 4.85. The molecule has 1 nitrogen and oxygen atoms in total. The minimum absolute atomic E-state index is 0.670. The Morgan fingerprint density at radius 1 is 1.33 bits per heavy atom. The lowest BCUT2D eigenvalue weighted by Crippen LogP contribution is -2.37. The molecular formula is C15H21BrClN. The molecule has 1 aliphatic rings. The van der Waals surface area contributed by atoms with Gasteiger partial charge in [0, 0.05) is 22.1 Å². The van der Waals surface area contributed by atoms with Crippen LogP contribution in [-0.2, 0) is 6.54 Å². The monoisotopic (exact) mass is 329 g/mol. The molecule has 2 rings (SSSR count). The molecule has 1 aromatic carbocycles. The molecule has 2 atom stereocenters. The Morgan fingerprint density at radius 2 is 2.11 bits per heavy atom. The van der Waals surface area contributed by atoms with Crippen LogP contribution in [0.15, 0.2) is 22.7 Å². The van der Waals surface area contributed by atoms with E-state index in [0.717, 1.165) is 22.0 Å². The fraction of sp³-hybridized carbons (Fsp3) is 0.600. The van der Waals surface area contributed by atoms with Crippen LogP contribution < -0.4 is 5.32 Å². The molecule has 100 valence electrons. The maximum Gasteiger partial charge on any atom is 0.0462 e. The van der Waals surface area contributed by atoms with E-state index in [0.29, 0.717) is 6.04 Å². The van der Waals surface area contributed by atoms with E-state index in [1.54, 1.807) is 0 Å². The SMILES string of the molecule is CCC1CCCCC1NCc1ccc(Br)cc1Cl. The van der Waals surface area contributed by atoms with E-state index < -0.39 is 0 Å². The molecule has 0 radical (unpaired) electrons. The van der Waals surface area contributed by atoms with Crippen LogP contribution in [0.1, 0.15) is 44.6 Å². The van der Waals surface area contributed by atoms with Crippen LogP contribution >= 0.6 is 27.5 Å². The summed E-state index contributed by atoms with van der Waals surface area (Å²) in [5.41, 5.74) is 1.19. The Hall–Kier alpha value is -0.0500. The minimum atomic E-state index is 0.670. The van der Waals surface area contributed by atoms with Crippen LogP contribution in [0, 0.1) is 5.92 Å². The Kier molecular flexibility index (Phi) is 5.53. The standard InChI is InChI=1S/C15H21BrClN/c1-2-11-5-3-4-6-15(11)18-10-12-7-8-13(16)9-14(12)17/h7-9,11,15,18H,2-6,10H2,1H3. The number of hydrogen-bond acceptors (Lipinski definition) is 1. The van der Waals surface area contributed by atoms with Gasteiger partial charge in [0.2, 0.25) is 0 Å². The van der Waals surface area contributed by atoms with Gasteiger partial charge in [-0.3, -0.25) is 0 Å². The van der Waals surface area contributed by atoms with Gasteiger partial charge in [-0.2, -0.15) is 0 Å². The molecule has 3 heteroatoms. The summed E-state index contributed by atoms with van der Waals surface area (Å²) in [4.78, 5) is 0. The molecule has 0 bridgehead atoms. The fourth-order valence-corrected chi connectivity index (χ4v) is 3.61. The smallest absolute Gasteiger partial charge is 0.0462 e. The molecule has 2 unspecified atom stereocenters. The average Bonchev–Trinajstić information content (AvgIpc) is 2.38. The first-order valence-electron chi connectivity index (χ1n) is 6.88. The van der Waals surface area contributed by atoms with E-state index in [9.17, 15) is 0 Å². The molecule has 0 aromatic heterocycles. The summed E-state index contributed by atoms with van der Waals surface area (Å²) in [5.74, 6) is 0.841. The zero-order valence-corrected chi connectivity index (χ0v) is 13.2. The normalized spacial score (nSPS) is 24.2. The first kappa shape index (κ1) is 14.4. The van der Waals surface area contributed by atoms with Crippen LogP contribution in [0.25, 0.3) is 0 Å². The molecule has 0 spiro atoms. The van der Waals surface area contributed by atoms with E-state index >= 15 is 0 Å². The summed E-state index contributed by atoms with van der Waals surface area (Å²) in [7, 11) is 0. The van der Waals surface area contributed by atoms with E-state index in [4.69, 9.17) is 11.6 Å². The second-order valence-corrected chi connectivity index (χ2v) is 6.50. The van der Waals surface area contributed by atoms with E-state index in [1.807, 2.05) is 6.07 Å². The van der Waals surface area contributed by atoms with Crippen molar-refractivity contribution in [2.24, 2.45) is 5.92 Å². The van der Waals surface area contributed by atoms with Gasteiger partial charge < -0.3 is 5.32 Å². The quantitative estimate of drug-likeness (QED) is 0.804. The highest BCUT2D eigenvalue weighted by molar-refractivity contribution is 9.10. The Morgan fingerprint density at radius 3 is 2.83 bits per heavy atom. The molecule has 0 aliphatic heterocycles. The first-order chi connectivity index (χ1) is 8.70. The zero-order chi connectivity index (χ0) is 13.0. The van der Waals surface area contributed by atoms with Gasteiger partial charge in [-0.25, -0.2) is 0 Å². The molecule has 1 fully saturated rings. The van der Waals surface area contributed by atoms with Gasteiger partial charge in [0.15, 0.2) is 0 Å². The lowest BCUT2D eigenvalue weighted by molar-refractivity contribution is 0.254. The van der Waals surface area contributed by atoms with Crippen molar-refractivity contribution in [1.29, 1.82) is 0 Å². The molecule has 1 aromatic rings. The van der Waals surface area contributed by atoms with Crippen molar-refractivity contribution in [3.8, 4) is 0 Å². The topological polar surface area (TPSA) is 12.0 Å². The van der Waals surface area contributed by atoms with Gasteiger partial charge in [0.05, 0.1) is 0 Å². The number of benzene rings is 1. The highest BCUT2D eigenvalue weighted by Gasteiger charge is 2.22. The maximum atomic E-state index is 6.25. The molecule has 18 heavy (non-hydrogen) atoms. The highest BCUT2D eigenvalue weighted by atomic mass is 79.9. The Labute approximate surface area is 123 Å². The van der Waals surface area contributed by atoms with E-state index in [-0.39, 0.29) is 0 Å². The van der Waals surface area contributed by atoms with Crippen molar-refractivity contribution < 1.29 is 0 Å². The third-order valence-electron chi connectivity index (χ3n) is 4.00. The number of hydrogen-bond donors (Lipinski definition) is 1. The predicted octanol–water partition coefficient (Wildman–Crippen LogP) is 5.16. The highest BCUT2D eigenvalue weighted by Crippen LogP contribution is 2.28. The van der Waals surface area contributed by atoms with Crippen molar-refractivity contribution in [1.82, 2.24) is 5.32 Å². The molecular weight excluding hydrogens is 310 g/mol. The number of nitrogens with one attached hydrogen (secondary N) is 1. The van der Waals surface area contributed by atoms with Crippen LogP contribution in [-0.4, -0.2) is 6.04 Å². The van der Waals surface area contributed by atoms with Gasteiger partial charge in [0.1, 0.15) is 0 Å². The zero-order valence-electron chi connectivity index (χ0n) is 10.9. The molecule has 1 saturated carbocycles. The average molecular weight is 331 g/mol. The van der Waals surface area contributed by atoms with Gasteiger partial charge >= 0.3 is 0 Å². The first-order valence-corrected chi connectivity index (χ1v) is 8.05. The summed E-state index contributed by atoms with van der Waals surface area (Å²) in [6.45, 7) is 3.19. The summed E-state index contributed by atoms with van der Waals surface area (Å²) in [6, 6.07) is 6.80. The summed E-state index contributed by atoms with van der Waals surface area (Å²) >= 11 is 9.69. The van der Waals surface area contributed by atoms with Gasteiger partial charge in [-0.05, 0) is 36.5 Å². The van der Waals surface area contributed by atoms with Crippen molar-refractivity contribution in [2.45, 2.75) is 51.6 Å². The number of rotatable bonds is 4. The van der Waals surface area contributed by atoms with Crippen LogP contribution in [0.2, 0.25) is 5.02 Å². The molecule has 1 N–H and O–H groups in total. The Bertz CT molecular complexity index is 394. The van der Waals surface area contributed by atoms with Gasteiger partial charge in [0.25, 0.3) is 0 Å². The lowest BCUT2D eigenvalue weighted by atomic mass is 9.83. The van der Waals surface area contributed by atoms with Crippen molar-refractivity contribution in [3.05, 3.63) is 33.3 Å². The molecule has 0 amide bonds. The largest absolute Gasteiger partial charge is 0.310 e. The van der Waals surface area contributed by atoms with E-state index in [1.165, 1.54) is 37.7 Å². The lowest BCUT2D eigenvalue weighted by Gasteiger charge is -2.31. The molecule has 0 saturated heterocycles. The van der Waals surface area contributed by atoms with Crippen LogP contribution in [0.3, 0.4) is 0 Å². The van der Waals surface area contributed by atoms with E-state index in [2.05, 4.69) is 40.3 Å². The Balaban J connectivity index is 1.93. The maximum absolute atomic E-state index is 6.25. The summed E-state index contributed by atoms with van der Waals surface area (Å²) in [5, 5.41) is 4.55. The van der Waals surface area contributed by atoms with Crippen molar-refractivity contribution >= 4 is 27.5 Å². The second-order valence-electron chi connectivity index (χ2n) is 5.18. The third kappa shape index (κ3) is 3.72. The minimum Gasteiger partial charge on any atom is -0.310 e. The van der Waals surface area contributed by atoms with Gasteiger partial charge in [-0.1, -0.05) is 59.8 Å². The second kappa shape index (κ2) is 6.93. The van der Waals surface area contributed by atoms with Crippen LogP contribution in [0.4, 0.5) is 0 Å². The van der Waals surface area contributed by atoms with Crippen molar-refractivity contribution in [3.63, 3.8) is 0 Å². The fourth-order valence-electron chi connectivity index (χ4n) is 2.87. The summed E-state index contributed by atoms with van der Waals surface area (Å²) in [6.07, 6.45) is 6.73. The summed E-state index contributed by atoms with van der Waals surface area (Å²) < 4.78 is 1.04. The molecule has 1 aliphatic carbocycles. The molecule has 0 heterocycles. The predicted molar refractivity (Wildman–Crippen MR) is 82.0 cm³/mol. The number of halogens is 2. The van der Waals surface area contributed by atoms with Gasteiger partial charge in [-0.15, -0.1) is 0 Å². The van der Waals surface area contributed by atoms with Crippen molar-refractivity contribution in [2.75, 3.05) is 0 Å². The van der Waals surface area contributed by atoms with Crippen LogP contribution in [0.5, 0.6) is 0 Å².